The first-order chi connectivity index (χ1) is 13.6. The SMILES string of the molecule is N=C(N)c1ccc(-c2ccc(OCCCCC(=O)OC3CCOC3)cc2)cc1. The van der Waals surface area contributed by atoms with Gasteiger partial charge in [-0.3, -0.25) is 10.2 Å². The Morgan fingerprint density at radius 3 is 2.36 bits per heavy atom. The molecule has 6 nitrogen and oxygen atoms in total. The molecular weight excluding hydrogens is 356 g/mol. The summed E-state index contributed by atoms with van der Waals surface area (Å²) in [4.78, 5) is 11.7. The third-order valence-corrected chi connectivity index (χ3v) is 4.61. The van der Waals surface area contributed by atoms with Crippen LogP contribution < -0.4 is 10.5 Å². The predicted molar refractivity (Wildman–Crippen MR) is 108 cm³/mol. The van der Waals surface area contributed by atoms with E-state index >= 15 is 0 Å². The molecule has 1 heterocycles. The maximum absolute atomic E-state index is 11.7. The van der Waals surface area contributed by atoms with Gasteiger partial charge in [-0.25, -0.2) is 0 Å². The van der Waals surface area contributed by atoms with Crippen molar-refractivity contribution in [3.8, 4) is 16.9 Å². The van der Waals surface area contributed by atoms with Crippen LogP contribution in [0.3, 0.4) is 0 Å². The van der Waals surface area contributed by atoms with Crippen molar-refractivity contribution in [1.29, 1.82) is 5.41 Å². The standard InChI is InChI=1S/C22H26N2O4/c23-22(24)18-6-4-16(5-7-18)17-8-10-19(11-9-17)27-13-2-1-3-21(25)28-20-12-14-26-15-20/h4-11,20H,1-3,12-15H2,(H3,23,24). The topological polar surface area (TPSA) is 94.6 Å². The average Bonchev–Trinajstić information content (AvgIpc) is 3.21. The molecule has 0 amide bonds. The normalized spacial score (nSPS) is 15.9. The van der Waals surface area contributed by atoms with E-state index in [0.29, 0.717) is 31.8 Å². The minimum atomic E-state index is -0.157. The second-order valence-corrected chi connectivity index (χ2v) is 6.80. The number of nitrogens with two attached hydrogens (primary N) is 1. The molecule has 0 radical (unpaired) electrons. The fourth-order valence-electron chi connectivity index (χ4n) is 3.00. The summed E-state index contributed by atoms with van der Waals surface area (Å²) in [5.41, 5.74) is 8.32. The molecule has 2 aromatic carbocycles. The number of nitrogen functional groups attached to an aromatic ring is 1. The smallest absolute Gasteiger partial charge is 0.306 e. The average molecular weight is 382 g/mol. The van der Waals surface area contributed by atoms with Gasteiger partial charge in [0.15, 0.2) is 0 Å². The first-order valence-corrected chi connectivity index (χ1v) is 9.57. The fourth-order valence-corrected chi connectivity index (χ4v) is 3.00. The van der Waals surface area contributed by atoms with E-state index in [0.717, 1.165) is 36.1 Å². The molecule has 0 aliphatic carbocycles. The van der Waals surface area contributed by atoms with E-state index in [2.05, 4.69) is 0 Å². The molecule has 1 saturated heterocycles. The molecule has 1 fully saturated rings. The molecule has 3 rings (SSSR count). The van der Waals surface area contributed by atoms with Crippen molar-refractivity contribution in [2.24, 2.45) is 5.73 Å². The molecule has 0 bridgehead atoms. The number of esters is 1. The van der Waals surface area contributed by atoms with Gasteiger partial charge in [-0.05, 0) is 36.1 Å². The highest BCUT2D eigenvalue weighted by Crippen LogP contribution is 2.23. The van der Waals surface area contributed by atoms with Crippen LogP contribution in [0.15, 0.2) is 48.5 Å². The van der Waals surface area contributed by atoms with Gasteiger partial charge in [0, 0.05) is 18.4 Å². The molecule has 0 spiro atoms. The Morgan fingerprint density at radius 2 is 1.75 bits per heavy atom. The van der Waals surface area contributed by atoms with Gasteiger partial charge in [-0.15, -0.1) is 0 Å². The summed E-state index contributed by atoms with van der Waals surface area (Å²) in [6, 6.07) is 15.4. The van der Waals surface area contributed by atoms with Crippen LogP contribution in [0.2, 0.25) is 0 Å². The number of unbranched alkanes of at least 4 members (excludes halogenated alkanes) is 1. The van der Waals surface area contributed by atoms with Crippen LogP contribution in [0.1, 0.15) is 31.2 Å². The number of hydrogen-bond donors (Lipinski definition) is 2. The fraction of sp³-hybridized carbons (Fsp3) is 0.364. The van der Waals surface area contributed by atoms with E-state index in [1.165, 1.54) is 0 Å². The molecule has 1 atom stereocenters. The maximum Gasteiger partial charge on any atom is 0.306 e. The molecule has 2 aromatic rings. The molecule has 0 aromatic heterocycles. The molecule has 1 unspecified atom stereocenters. The zero-order chi connectivity index (χ0) is 19.8. The highest BCUT2D eigenvalue weighted by atomic mass is 16.6. The van der Waals surface area contributed by atoms with Gasteiger partial charge in [-0.2, -0.15) is 0 Å². The van der Waals surface area contributed by atoms with E-state index < -0.39 is 0 Å². The van der Waals surface area contributed by atoms with Gasteiger partial charge in [0.05, 0.1) is 19.8 Å². The molecule has 0 saturated carbocycles. The van der Waals surface area contributed by atoms with Crippen LogP contribution in [-0.2, 0) is 14.3 Å². The van der Waals surface area contributed by atoms with Crippen LogP contribution in [0, 0.1) is 5.41 Å². The third-order valence-electron chi connectivity index (χ3n) is 4.61. The molecular formula is C22H26N2O4. The lowest BCUT2D eigenvalue weighted by molar-refractivity contribution is -0.149. The lowest BCUT2D eigenvalue weighted by Crippen LogP contribution is -2.17. The van der Waals surface area contributed by atoms with Crippen molar-refractivity contribution in [3.05, 3.63) is 54.1 Å². The molecule has 28 heavy (non-hydrogen) atoms. The minimum Gasteiger partial charge on any atom is -0.494 e. The van der Waals surface area contributed by atoms with E-state index in [1.54, 1.807) is 0 Å². The Morgan fingerprint density at radius 1 is 1.07 bits per heavy atom. The van der Waals surface area contributed by atoms with E-state index in [-0.39, 0.29) is 17.9 Å². The van der Waals surface area contributed by atoms with E-state index in [1.807, 2.05) is 48.5 Å². The summed E-state index contributed by atoms with van der Waals surface area (Å²) in [7, 11) is 0. The molecule has 1 aliphatic rings. The number of ether oxygens (including phenoxy) is 3. The van der Waals surface area contributed by atoms with Gasteiger partial charge in [0.1, 0.15) is 17.7 Å². The van der Waals surface area contributed by atoms with Crippen molar-refractivity contribution < 1.29 is 19.0 Å². The Kier molecular flexibility index (Phi) is 7.03. The van der Waals surface area contributed by atoms with Crippen molar-refractivity contribution in [2.75, 3.05) is 19.8 Å². The van der Waals surface area contributed by atoms with Crippen LogP contribution in [0.25, 0.3) is 11.1 Å². The quantitative estimate of drug-likeness (QED) is 0.299. The first-order valence-electron chi connectivity index (χ1n) is 9.57. The van der Waals surface area contributed by atoms with Crippen LogP contribution >= 0.6 is 0 Å². The van der Waals surface area contributed by atoms with Crippen molar-refractivity contribution >= 4 is 11.8 Å². The van der Waals surface area contributed by atoms with Crippen molar-refractivity contribution in [3.63, 3.8) is 0 Å². The first kappa shape index (κ1) is 19.9. The second kappa shape index (κ2) is 9.90. The molecule has 1 aliphatic heterocycles. The van der Waals surface area contributed by atoms with Crippen molar-refractivity contribution in [1.82, 2.24) is 0 Å². The largest absolute Gasteiger partial charge is 0.494 e. The second-order valence-electron chi connectivity index (χ2n) is 6.80. The van der Waals surface area contributed by atoms with E-state index in [4.69, 9.17) is 25.4 Å². The number of benzene rings is 2. The number of carbonyl (C=O) groups excluding carboxylic acids is 1. The van der Waals surface area contributed by atoms with Gasteiger partial charge in [-0.1, -0.05) is 36.4 Å². The lowest BCUT2D eigenvalue weighted by atomic mass is 10.0. The van der Waals surface area contributed by atoms with Crippen LogP contribution in [-0.4, -0.2) is 37.7 Å². The Bertz CT molecular complexity index is 781. The predicted octanol–water partition coefficient (Wildman–Crippen LogP) is 3.52. The summed E-state index contributed by atoms with van der Waals surface area (Å²) in [6.07, 6.45) is 2.68. The molecule has 148 valence electrons. The monoisotopic (exact) mass is 382 g/mol. The minimum absolute atomic E-state index is 0.0658. The molecule has 3 N–H and O–H groups in total. The number of nitrogens with one attached hydrogen (secondary N) is 1. The number of amidine groups is 1. The van der Waals surface area contributed by atoms with Gasteiger partial charge in [0.25, 0.3) is 0 Å². The van der Waals surface area contributed by atoms with Crippen molar-refractivity contribution in [2.45, 2.75) is 31.8 Å². The van der Waals surface area contributed by atoms with Gasteiger partial charge < -0.3 is 19.9 Å². The zero-order valence-electron chi connectivity index (χ0n) is 15.9. The lowest BCUT2D eigenvalue weighted by Gasteiger charge is -2.10. The summed E-state index contributed by atoms with van der Waals surface area (Å²) in [5, 5.41) is 7.44. The van der Waals surface area contributed by atoms with Crippen LogP contribution in [0.4, 0.5) is 0 Å². The number of hydrogen-bond acceptors (Lipinski definition) is 5. The Hall–Kier alpha value is -2.86. The third kappa shape index (κ3) is 5.82. The van der Waals surface area contributed by atoms with Gasteiger partial charge in [0.2, 0.25) is 0 Å². The van der Waals surface area contributed by atoms with Gasteiger partial charge >= 0.3 is 5.97 Å². The molecule has 6 heteroatoms. The summed E-state index contributed by atoms with van der Waals surface area (Å²) in [5.74, 6) is 0.710. The summed E-state index contributed by atoms with van der Waals surface area (Å²) < 4.78 is 16.3. The summed E-state index contributed by atoms with van der Waals surface area (Å²) >= 11 is 0. The Balaban J connectivity index is 1.37. The highest BCUT2D eigenvalue weighted by Gasteiger charge is 2.19. The zero-order valence-corrected chi connectivity index (χ0v) is 15.9. The maximum atomic E-state index is 11.7. The highest BCUT2D eigenvalue weighted by molar-refractivity contribution is 5.95. The van der Waals surface area contributed by atoms with E-state index in [9.17, 15) is 4.79 Å². The number of rotatable bonds is 9. The summed E-state index contributed by atoms with van der Waals surface area (Å²) in [6.45, 7) is 1.76. The van der Waals surface area contributed by atoms with Crippen LogP contribution in [0.5, 0.6) is 5.75 Å². The number of carbonyl (C=O) groups is 1. The Labute approximate surface area is 165 Å².